The number of hydrogen-bond donors (Lipinski definition) is 3. The first-order valence-corrected chi connectivity index (χ1v) is 15.9. The normalized spacial score (nSPS) is 16.6. The van der Waals surface area contributed by atoms with Gasteiger partial charge in [-0.15, -0.1) is 0 Å². The summed E-state index contributed by atoms with van der Waals surface area (Å²) >= 11 is 0. The number of carbonyl (C=O) groups excluding carboxylic acids is 1. The Labute approximate surface area is 271 Å². The predicted molar refractivity (Wildman–Crippen MR) is 173 cm³/mol. The molecule has 6 rings (SSSR count). The number of pyridine rings is 1. The summed E-state index contributed by atoms with van der Waals surface area (Å²) < 4.78 is 53.0. The Hall–Kier alpha value is -4.19. The van der Waals surface area contributed by atoms with Crippen LogP contribution in [0, 0.1) is 0 Å². The van der Waals surface area contributed by atoms with Gasteiger partial charge in [0, 0.05) is 41.7 Å². The number of carbonyl (C=O) groups is 1. The van der Waals surface area contributed by atoms with Crippen molar-refractivity contribution in [2.24, 2.45) is 0 Å². The van der Waals surface area contributed by atoms with Gasteiger partial charge in [-0.1, -0.05) is 42.5 Å². The molecule has 11 heteroatoms. The van der Waals surface area contributed by atoms with Crippen molar-refractivity contribution in [3.05, 3.63) is 89.0 Å². The number of hydrogen-bond acceptors (Lipinski definition) is 7. The summed E-state index contributed by atoms with van der Waals surface area (Å²) in [7, 11) is 3.01. The van der Waals surface area contributed by atoms with E-state index in [-0.39, 0.29) is 24.1 Å². The maximum absolute atomic E-state index is 14.6. The number of aliphatic hydroxyl groups is 1. The van der Waals surface area contributed by atoms with Crippen LogP contribution < -0.4 is 20.1 Å². The Balaban J connectivity index is 1.52. The number of piperidine rings is 1. The van der Waals surface area contributed by atoms with Gasteiger partial charge in [0.15, 0.2) is 11.5 Å². The first-order chi connectivity index (χ1) is 22.7. The van der Waals surface area contributed by atoms with Crippen LogP contribution in [0.3, 0.4) is 0 Å². The SMILES string of the molecule is COc1cc2nc(-c3cccc(C(F)(F)F)c3)c(CN3CCC(NCCO)CC3)c(C(=O)NC3(c4ccccc4)CC3)c2cc1OC. The number of alkyl halides is 3. The number of methoxy groups -OCH3 is 2. The molecule has 3 aromatic carbocycles. The maximum atomic E-state index is 14.6. The molecule has 0 radical (unpaired) electrons. The summed E-state index contributed by atoms with van der Waals surface area (Å²) in [4.78, 5) is 21.8. The molecule has 8 nitrogen and oxygen atoms in total. The summed E-state index contributed by atoms with van der Waals surface area (Å²) in [6.45, 7) is 2.27. The van der Waals surface area contributed by atoms with Gasteiger partial charge in [0.2, 0.25) is 0 Å². The molecule has 248 valence electrons. The second kappa shape index (κ2) is 13.5. The predicted octanol–water partition coefficient (Wildman–Crippen LogP) is 5.90. The van der Waals surface area contributed by atoms with Crippen molar-refractivity contribution in [3.63, 3.8) is 0 Å². The van der Waals surface area contributed by atoms with Crippen molar-refractivity contribution >= 4 is 16.8 Å². The summed E-state index contributed by atoms with van der Waals surface area (Å²) in [5.41, 5.74) is 1.56. The second-order valence-electron chi connectivity index (χ2n) is 12.2. The minimum absolute atomic E-state index is 0.0561. The highest BCUT2D eigenvalue weighted by molar-refractivity contribution is 6.10. The number of halogens is 3. The number of aliphatic hydroxyl groups excluding tert-OH is 1. The van der Waals surface area contributed by atoms with Crippen LogP contribution in [0.25, 0.3) is 22.2 Å². The molecule has 0 bridgehead atoms. The van der Waals surface area contributed by atoms with E-state index in [1.807, 2.05) is 30.3 Å². The molecule has 0 atom stereocenters. The fourth-order valence-corrected chi connectivity index (χ4v) is 6.56. The first-order valence-electron chi connectivity index (χ1n) is 15.9. The van der Waals surface area contributed by atoms with E-state index in [2.05, 4.69) is 15.5 Å². The molecule has 1 saturated carbocycles. The number of amides is 1. The lowest BCUT2D eigenvalue weighted by molar-refractivity contribution is -0.137. The molecule has 1 aliphatic carbocycles. The number of nitrogens with zero attached hydrogens (tertiary/aromatic N) is 2. The first kappa shape index (κ1) is 32.7. The van der Waals surface area contributed by atoms with E-state index in [1.54, 1.807) is 18.2 Å². The highest BCUT2D eigenvalue weighted by Crippen LogP contribution is 2.46. The second-order valence-corrected chi connectivity index (χ2v) is 12.2. The summed E-state index contributed by atoms with van der Waals surface area (Å²) in [6.07, 6.45) is -1.37. The van der Waals surface area contributed by atoms with Gasteiger partial charge in [-0.3, -0.25) is 9.69 Å². The Morgan fingerprint density at radius 2 is 1.70 bits per heavy atom. The van der Waals surface area contributed by atoms with Gasteiger partial charge in [0.25, 0.3) is 5.91 Å². The van der Waals surface area contributed by atoms with Crippen molar-refractivity contribution in [1.29, 1.82) is 0 Å². The van der Waals surface area contributed by atoms with Crippen LogP contribution in [0.2, 0.25) is 0 Å². The topological polar surface area (TPSA) is 96.0 Å². The van der Waals surface area contributed by atoms with Crippen LogP contribution in [-0.4, -0.2) is 67.4 Å². The average Bonchev–Trinajstić information content (AvgIpc) is 3.87. The molecule has 4 aromatic rings. The van der Waals surface area contributed by atoms with Crippen molar-refractivity contribution in [1.82, 2.24) is 20.5 Å². The number of fused-ring (bicyclic) bond motifs is 1. The fraction of sp³-hybridized carbons (Fsp3) is 0.389. The number of aromatic nitrogens is 1. The Kier molecular flexibility index (Phi) is 9.41. The largest absolute Gasteiger partial charge is 0.493 e. The summed E-state index contributed by atoms with van der Waals surface area (Å²) in [6, 6.07) is 18.5. The van der Waals surface area contributed by atoms with Crippen molar-refractivity contribution in [2.45, 2.75) is 50.0 Å². The molecular weight excluding hydrogens is 609 g/mol. The van der Waals surface area contributed by atoms with Crippen LogP contribution in [0.1, 0.15) is 52.7 Å². The lowest BCUT2D eigenvalue weighted by atomic mass is 9.93. The minimum Gasteiger partial charge on any atom is -0.493 e. The van der Waals surface area contributed by atoms with Gasteiger partial charge >= 0.3 is 6.18 Å². The molecule has 2 heterocycles. The van der Waals surface area contributed by atoms with Gasteiger partial charge in [-0.2, -0.15) is 13.2 Å². The van der Waals surface area contributed by atoms with E-state index >= 15 is 0 Å². The van der Waals surface area contributed by atoms with Crippen molar-refractivity contribution in [2.75, 3.05) is 40.5 Å². The van der Waals surface area contributed by atoms with E-state index in [9.17, 15) is 23.1 Å². The van der Waals surface area contributed by atoms with Gasteiger partial charge < -0.3 is 25.2 Å². The lowest BCUT2D eigenvalue weighted by Crippen LogP contribution is -2.43. The molecule has 2 fully saturated rings. The molecule has 0 unspecified atom stereocenters. The highest BCUT2D eigenvalue weighted by atomic mass is 19.4. The molecule has 1 saturated heterocycles. The van der Waals surface area contributed by atoms with Gasteiger partial charge in [-0.05, 0) is 62.5 Å². The van der Waals surface area contributed by atoms with Crippen LogP contribution in [-0.2, 0) is 18.3 Å². The monoisotopic (exact) mass is 648 g/mol. The van der Waals surface area contributed by atoms with Crippen LogP contribution in [0.15, 0.2) is 66.7 Å². The zero-order valence-corrected chi connectivity index (χ0v) is 26.5. The average molecular weight is 649 g/mol. The molecule has 2 aliphatic rings. The van der Waals surface area contributed by atoms with Gasteiger partial charge in [-0.25, -0.2) is 4.98 Å². The Bertz CT molecular complexity index is 1740. The minimum atomic E-state index is -4.55. The Morgan fingerprint density at radius 3 is 2.34 bits per heavy atom. The molecule has 1 amide bonds. The number of nitrogens with one attached hydrogen (secondary N) is 2. The number of benzene rings is 3. The molecule has 1 aliphatic heterocycles. The van der Waals surface area contributed by atoms with Crippen LogP contribution in [0.4, 0.5) is 13.2 Å². The lowest BCUT2D eigenvalue weighted by Gasteiger charge is -2.33. The molecule has 47 heavy (non-hydrogen) atoms. The summed E-state index contributed by atoms with van der Waals surface area (Å²) in [5, 5.41) is 16.4. The quantitative estimate of drug-likeness (QED) is 0.186. The van der Waals surface area contributed by atoms with E-state index < -0.39 is 17.3 Å². The smallest absolute Gasteiger partial charge is 0.416 e. The third-order valence-corrected chi connectivity index (χ3v) is 9.22. The standard InChI is InChI=1S/C36H39F3N4O4/c1-46-30-20-27-29(21-31(30)47-2)41-33(23-7-6-10-25(19-23)36(37,38)39)28(22-43-16-11-26(12-17-43)40-15-18-44)32(27)34(45)42-35(13-14-35)24-8-4-3-5-9-24/h3-10,19-21,26,40,44H,11-18,22H2,1-2H3,(H,42,45). The third-order valence-electron chi connectivity index (χ3n) is 9.22. The van der Waals surface area contributed by atoms with Crippen LogP contribution in [0.5, 0.6) is 11.5 Å². The Morgan fingerprint density at radius 1 is 1.00 bits per heavy atom. The third kappa shape index (κ3) is 6.93. The maximum Gasteiger partial charge on any atom is 0.416 e. The molecular formula is C36H39F3N4O4. The van der Waals surface area contributed by atoms with E-state index in [0.717, 1.165) is 43.4 Å². The summed E-state index contributed by atoms with van der Waals surface area (Å²) in [5.74, 6) is 0.476. The number of likely N-dealkylation sites (tertiary alicyclic amines) is 1. The van der Waals surface area contributed by atoms with E-state index in [4.69, 9.17) is 14.5 Å². The molecule has 1 aromatic heterocycles. The zero-order valence-electron chi connectivity index (χ0n) is 26.5. The van der Waals surface area contributed by atoms with Gasteiger partial charge in [0.1, 0.15) is 0 Å². The fourth-order valence-electron chi connectivity index (χ4n) is 6.56. The number of rotatable bonds is 11. The van der Waals surface area contributed by atoms with Crippen molar-refractivity contribution in [3.8, 4) is 22.8 Å². The van der Waals surface area contributed by atoms with E-state index in [1.165, 1.54) is 20.3 Å². The molecule has 3 N–H and O–H groups in total. The highest BCUT2D eigenvalue weighted by Gasteiger charge is 2.46. The zero-order chi connectivity index (χ0) is 33.2. The number of ether oxygens (including phenoxy) is 2. The van der Waals surface area contributed by atoms with Gasteiger partial charge in [0.05, 0.1) is 48.7 Å². The van der Waals surface area contributed by atoms with E-state index in [0.29, 0.717) is 65.4 Å². The van der Waals surface area contributed by atoms with Crippen LogP contribution >= 0.6 is 0 Å². The van der Waals surface area contributed by atoms with Crippen molar-refractivity contribution < 1.29 is 32.5 Å². The molecule has 0 spiro atoms.